The van der Waals surface area contributed by atoms with Crippen molar-refractivity contribution < 1.29 is 5.11 Å². The van der Waals surface area contributed by atoms with Crippen molar-refractivity contribution in [3.05, 3.63) is 50.9 Å². The summed E-state index contributed by atoms with van der Waals surface area (Å²) in [6, 6.07) is 7.41. The first-order valence-corrected chi connectivity index (χ1v) is 11.3. The first-order chi connectivity index (χ1) is 14.2. The van der Waals surface area contributed by atoms with Gasteiger partial charge >= 0.3 is 0 Å². The maximum absolute atomic E-state index is 12.8. The molecule has 3 aromatic rings. The van der Waals surface area contributed by atoms with E-state index in [2.05, 4.69) is 14.8 Å². The predicted octanol–water partition coefficient (Wildman–Crippen LogP) is 3.28. The van der Waals surface area contributed by atoms with Gasteiger partial charge in [0.15, 0.2) is 0 Å². The number of benzene rings is 1. The van der Waals surface area contributed by atoms with Crippen LogP contribution in [0.4, 0.5) is 5.69 Å². The Morgan fingerprint density at radius 1 is 1.10 bits per heavy atom. The molecule has 1 saturated heterocycles. The number of aromatic nitrogens is 2. The number of aromatic amines is 1. The Morgan fingerprint density at radius 3 is 2.76 bits per heavy atom. The van der Waals surface area contributed by atoms with Crippen molar-refractivity contribution in [1.29, 1.82) is 0 Å². The van der Waals surface area contributed by atoms with Crippen LogP contribution in [0.5, 0.6) is 5.75 Å². The Bertz CT molecular complexity index is 1080. The minimum absolute atomic E-state index is 0.0304. The van der Waals surface area contributed by atoms with E-state index in [1.54, 1.807) is 17.4 Å². The molecule has 1 aliphatic heterocycles. The summed E-state index contributed by atoms with van der Waals surface area (Å²) in [7, 11) is 0. The van der Waals surface area contributed by atoms with Crippen molar-refractivity contribution >= 4 is 27.2 Å². The molecule has 5 rings (SSSR count). The van der Waals surface area contributed by atoms with Gasteiger partial charge in [-0.15, -0.1) is 11.3 Å². The van der Waals surface area contributed by atoms with Crippen molar-refractivity contribution in [3.63, 3.8) is 0 Å². The number of phenolic OH excluding ortho intramolecular Hbond substituents is 1. The van der Waals surface area contributed by atoms with E-state index in [0.717, 1.165) is 60.7 Å². The third kappa shape index (κ3) is 3.76. The van der Waals surface area contributed by atoms with Gasteiger partial charge in [-0.2, -0.15) is 0 Å². The number of hydrogen-bond acceptors (Lipinski definition) is 6. The molecular weight excluding hydrogens is 384 g/mol. The van der Waals surface area contributed by atoms with Crippen LogP contribution in [0.25, 0.3) is 10.2 Å². The number of fused-ring (bicyclic) bond motifs is 3. The highest BCUT2D eigenvalue weighted by molar-refractivity contribution is 7.18. The lowest BCUT2D eigenvalue weighted by atomic mass is 10.1. The molecule has 7 heteroatoms. The Hall–Kier alpha value is -2.38. The average Bonchev–Trinajstić information content (AvgIpc) is 2.90. The molecule has 6 nitrogen and oxygen atoms in total. The molecule has 1 aromatic carbocycles. The second kappa shape index (κ2) is 7.80. The zero-order valence-electron chi connectivity index (χ0n) is 16.5. The molecule has 0 atom stereocenters. The van der Waals surface area contributed by atoms with Crippen LogP contribution in [0.1, 0.15) is 35.5 Å². The second-order valence-corrected chi connectivity index (χ2v) is 9.12. The van der Waals surface area contributed by atoms with E-state index in [1.165, 1.54) is 29.7 Å². The lowest BCUT2D eigenvalue weighted by Crippen LogP contribution is -2.46. The Labute approximate surface area is 173 Å². The molecule has 0 radical (unpaired) electrons. The van der Waals surface area contributed by atoms with E-state index >= 15 is 0 Å². The zero-order chi connectivity index (χ0) is 19.8. The van der Waals surface area contributed by atoms with Crippen LogP contribution in [-0.4, -0.2) is 46.2 Å². The van der Waals surface area contributed by atoms with Gasteiger partial charge in [0.05, 0.1) is 11.9 Å². The normalized spacial score (nSPS) is 18.0. The molecule has 0 saturated carbocycles. The van der Waals surface area contributed by atoms with Gasteiger partial charge in [0, 0.05) is 42.8 Å². The van der Waals surface area contributed by atoms with Gasteiger partial charge in [-0.05, 0) is 43.4 Å². The highest BCUT2D eigenvalue weighted by Gasteiger charge is 2.21. The van der Waals surface area contributed by atoms with Crippen LogP contribution >= 0.6 is 11.3 Å². The van der Waals surface area contributed by atoms with Gasteiger partial charge < -0.3 is 15.0 Å². The third-order valence-electron chi connectivity index (χ3n) is 6.06. The number of aryl methyl sites for hydroxylation is 2. The van der Waals surface area contributed by atoms with E-state index in [-0.39, 0.29) is 5.56 Å². The molecule has 0 bridgehead atoms. The minimum atomic E-state index is 0.0304. The Balaban J connectivity index is 1.31. The van der Waals surface area contributed by atoms with E-state index in [9.17, 15) is 9.90 Å². The third-order valence-corrected chi connectivity index (χ3v) is 7.25. The molecule has 2 aliphatic rings. The topological polar surface area (TPSA) is 72.5 Å². The highest BCUT2D eigenvalue weighted by Crippen LogP contribution is 2.33. The predicted molar refractivity (Wildman–Crippen MR) is 117 cm³/mol. The molecule has 1 fully saturated rings. The first-order valence-electron chi connectivity index (χ1n) is 10.5. The van der Waals surface area contributed by atoms with Crippen LogP contribution in [0.3, 0.4) is 0 Å². The van der Waals surface area contributed by atoms with Crippen molar-refractivity contribution in [2.45, 2.75) is 38.6 Å². The number of anilines is 1. The summed E-state index contributed by atoms with van der Waals surface area (Å²) < 4.78 is 0. The smallest absolute Gasteiger partial charge is 0.259 e. The maximum atomic E-state index is 12.8. The quantitative estimate of drug-likeness (QED) is 0.649. The average molecular weight is 411 g/mol. The summed E-state index contributed by atoms with van der Waals surface area (Å²) in [5.74, 6) is 1.07. The molecule has 0 amide bonds. The summed E-state index contributed by atoms with van der Waals surface area (Å²) >= 11 is 1.72. The fourth-order valence-electron chi connectivity index (χ4n) is 4.53. The van der Waals surface area contributed by atoms with E-state index in [4.69, 9.17) is 4.98 Å². The van der Waals surface area contributed by atoms with Crippen LogP contribution in [-0.2, 0) is 19.4 Å². The van der Waals surface area contributed by atoms with Crippen molar-refractivity contribution in [2.24, 2.45) is 0 Å². The standard InChI is InChI=1S/C22H26N4O2S/c27-16-6-4-5-15(13-16)26-11-9-25(10-12-26)14-19-23-21(28)20-17-7-2-1-3-8-18(17)29-22(20)24-19/h4-6,13,27H,1-3,7-12,14H2,(H,23,24,28). The van der Waals surface area contributed by atoms with Gasteiger partial charge in [-0.25, -0.2) is 4.98 Å². The summed E-state index contributed by atoms with van der Waals surface area (Å²) in [5, 5.41) is 10.5. The molecular formula is C22H26N4O2S. The fraction of sp³-hybridized carbons (Fsp3) is 0.455. The molecule has 2 N–H and O–H groups in total. The molecule has 29 heavy (non-hydrogen) atoms. The van der Waals surface area contributed by atoms with Crippen LogP contribution in [0.2, 0.25) is 0 Å². The number of nitrogens with one attached hydrogen (secondary N) is 1. The Kier molecular flexibility index (Phi) is 5.01. The molecule has 0 unspecified atom stereocenters. The van der Waals surface area contributed by atoms with Gasteiger partial charge in [-0.3, -0.25) is 9.69 Å². The number of hydrogen-bond donors (Lipinski definition) is 2. The van der Waals surface area contributed by atoms with Crippen molar-refractivity contribution in [3.8, 4) is 5.75 Å². The summed E-state index contributed by atoms with van der Waals surface area (Å²) in [5.41, 5.74) is 2.34. The zero-order valence-corrected chi connectivity index (χ0v) is 17.3. The van der Waals surface area contributed by atoms with Crippen molar-refractivity contribution in [1.82, 2.24) is 14.9 Å². The lowest BCUT2D eigenvalue weighted by Gasteiger charge is -2.35. The molecule has 2 aromatic heterocycles. The van der Waals surface area contributed by atoms with Gasteiger partial charge in [0.2, 0.25) is 0 Å². The van der Waals surface area contributed by atoms with E-state index in [1.807, 2.05) is 18.2 Å². The van der Waals surface area contributed by atoms with Crippen LogP contribution in [0, 0.1) is 0 Å². The Morgan fingerprint density at radius 2 is 1.93 bits per heavy atom. The number of piperazine rings is 1. The second-order valence-electron chi connectivity index (χ2n) is 8.04. The summed E-state index contributed by atoms with van der Waals surface area (Å²) in [4.78, 5) is 27.6. The van der Waals surface area contributed by atoms with E-state index < -0.39 is 0 Å². The summed E-state index contributed by atoms with van der Waals surface area (Å²) in [6.45, 7) is 4.25. The monoisotopic (exact) mass is 410 g/mol. The SMILES string of the molecule is O=c1[nH]c(CN2CCN(c3cccc(O)c3)CC2)nc2sc3c(c12)CCCCC3. The molecule has 152 valence electrons. The first kappa shape index (κ1) is 18.6. The number of nitrogens with zero attached hydrogens (tertiary/aromatic N) is 3. The molecule has 1 aliphatic carbocycles. The van der Waals surface area contributed by atoms with Crippen molar-refractivity contribution in [2.75, 3.05) is 31.1 Å². The highest BCUT2D eigenvalue weighted by atomic mass is 32.1. The van der Waals surface area contributed by atoms with Gasteiger partial charge in [0.25, 0.3) is 5.56 Å². The fourth-order valence-corrected chi connectivity index (χ4v) is 5.81. The van der Waals surface area contributed by atoms with E-state index in [0.29, 0.717) is 12.3 Å². The van der Waals surface area contributed by atoms with Gasteiger partial charge in [0.1, 0.15) is 16.4 Å². The number of rotatable bonds is 3. The summed E-state index contributed by atoms with van der Waals surface area (Å²) in [6.07, 6.45) is 5.73. The molecule has 0 spiro atoms. The minimum Gasteiger partial charge on any atom is -0.508 e. The number of aromatic hydroxyl groups is 1. The largest absolute Gasteiger partial charge is 0.508 e. The maximum Gasteiger partial charge on any atom is 0.259 e. The van der Waals surface area contributed by atoms with Crippen LogP contribution in [0.15, 0.2) is 29.1 Å². The number of H-pyrrole nitrogens is 1. The number of thiophene rings is 1. The van der Waals surface area contributed by atoms with Gasteiger partial charge in [-0.1, -0.05) is 12.5 Å². The molecule has 3 heterocycles. The number of phenols is 1. The lowest BCUT2D eigenvalue weighted by molar-refractivity contribution is 0.244. The van der Waals surface area contributed by atoms with Crippen LogP contribution < -0.4 is 10.5 Å².